The van der Waals surface area contributed by atoms with E-state index in [1.165, 1.54) is 12.5 Å². The fourth-order valence-electron chi connectivity index (χ4n) is 1.66. The molecule has 2 heteroatoms. The van der Waals surface area contributed by atoms with Crippen LogP contribution in [0.3, 0.4) is 0 Å². The molecule has 0 saturated carbocycles. The molecule has 0 aliphatic rings. The Bertz CT molecular complexity index is 251. The number of carbonyl (C=O) groups excluding carboxylic acids is 1. The average molecular weight is 224 g/mol. The van der Waals surface area contributed by atoms with Gasteiger partial charge in [-0.2, -0.15) is 0 Å². The van der Waals surface area contributed by atoms with E-state index in [0.29, 0.717) is 5.92 Å². The third kappa shape index (κ3) is 8.27. The van der Waals surface area contributed by atoms with Crippen molar-refractivity contribution in [2.24, 2.45) is 5.92 Å². The van der Waals surface area contributed by atoms with E-state index in [-0.39, 0.29) is 12.1 Å². The summed E-state index contributed by atoms with van der Waals surface area (Å²) in [6.45, 7) is 11.7. The summed E-state index contributed by atoms with van der Waals surface area (Å²) in [4.78, 5) is 10.8. The Hall–Kier alpha value is -1.05. The molecule has 92 valence electrons. The molecule has 0 aliphatic carbocycles. The van der Waals surface area contributed by atoms with E-state index in [9.17, 15) is 4.79 Å². The normalized spacial score (nSPS) is 13.7. The summed E-state index contributed by atoms with van der Waals surface area (Å²) in [6.07, 6.45) is 6.64. The topological polar surface area (TPSA) is 26.3 Å². The molecule has 16 heavy (non-hydrogen) atoms. The summed E-state index contributed by atoms with van der Waals surface area (Å²) in [7, 11) is 0. The second-order valence-electron chi connectivity index (χ2n) is 4.61. The van der Waals surface area contributed by atoms with Crippen molar-refractivity contribution in [1.82, 2.24) is 0 Å². The van der Waals surface area contributed by atoms with Crippen LogP contribution in [0.4, 0.5) is 0 Å². The summed E-state index contributed by atoms with van der Waals surface area (Å²) in [5.41, 5.74) is 1.40. The Kier molecular flexibility index (Phi) is 7.61. The minimum atomic E-state index is -0.243. The Labute approximate surface area is 99.4 Å². The number of hydrogen-bond donors (Lipinski definition) is 0. The number of rotatable bonds is 7. The maximum Gasteiger partial charge on any atom is 0.303 e. The molecule has 0 bridgehead atoms. The Morgan fingerprint density at radius 3 is 2.44 bits per heavy atom. The van der Waals surface area contributed by atoms with Gasteiger partial charge in [-0.25, -0.2) is 0 Å². The lowest BCUT2D eigenvalue weighted by Gasteiger charge is -2.11. The lowest BCUT2D eigenvalue weighted by molar-refractivity contribution is -0.144. The van der Waals surface area contributed by atoms with Crippen molar-refractivity contribution >= 4 is 5.97 Å². The summed E-state index contributed by atoms with van der Waals surface area (Å²) in [5.74, 6) is 0.452. The molecule has 0 aromatic heterocycles. The van der Waals surface area contributed by atoms with Crippen LogP contribution in [-0.2, 0) is 9.53 Å². The molecule has 1 unspecified atom stereocenters. The molecule has 1 atom stereocenters. The minimum Gasteiger partial charge on any atom is -0.458 e. The summed E-state index contributed by atoms with van der Waals surface area (Å²) in [5, 5.41) is 0. The molecular weight excluding hydrogens is 200 g/mol. The van der Waals surface area contributed by atoms with Crippen molar-refractivity contribution in [3.8, 4) is 0 Å². The predicted octanol–water partition coefficient (Wildman–Crippen LogP) is 3.88. The predicted molar refractivity (Wildman–Crippen MR) is 68.2 cm³/mol. The van der Waals surface area contributed by atoms with E-state index >= 15 is 0 Å². The molecule has 2 nitrogen and oxygen atoms in total. The lowest BCUT2D eigenvalue weighted by atomic mass is 10.0. The van der Waals surface area contributed by atoms with Gasteiger partial charge in [-0.3, -0.25) is 4.79 Å². The third-order valence-electron chi connectivity index (χ3n) is 2.25. The standard InChI is InChI=1S/C14H24O2/c1-6-14(16-13(5)15)9-7-8-12(4)10-11(2)3/h6,8,11,14H,1,7,9-10H2,2-5H3. The first kappa shape index (κ1) is 14.9. The van der Waals surface area contributed by atoms with Crippen molar-refractivity contribution in [1.29, 1.82) is 0 Å². The van der Waals surface area contributed by atoms with E-state index in [1.807, 2.05) is 0 Å². The van der Waals surface area contributed by atoms with Crippen molar-refractivity contribution in [2.45, 2.75) is 53.1 Å². The van der Waals surface area contributed by atoms with Gasteiger partial charge in [0.1, 0.15) is 6.10 Å². The van der Waals surface area contributed by atoms with E-state index in [0.717, 1.165) is 19.3 Å². The van der Waals surface area contributed by atoms with Crippen molar-refractivity contribution in [3.63, 3.8) is 0 Å². The minimum absolute atomic E-state index is 0.152. The van der Waals surface area contributed by atoms with Gasteiger partial charge in [0.25, 0.3) is 0 Å². The molecule has 0 spiro atoms. The quantitative estimate of drug-likeness (QED) is 0.484. The van der Waals surface area contributed by atoms with Gasteiger partial charge >= 0.3 is 5.97 Å². The maximum atomic E-state index is 10.8. The second kappa shape index (κ2) is 8.14. The number of carbonyl (C=O) groups is 1. The van der Waals surface area contributed by atoms with Crippen LogP contribution in [0.1, 0.15) is 47.0 Å². The second-order valence-corrected chi connectivity index (χ2v) is 4.61. The molecular formula is C14H24O2. The molecule has 0 aromatic rings. The summed E-state index contributed by atoms with van der Waals surface area (Å²) >= 11 is 0. The molecule has 0 saturated heterocycles. The van der Waals surface area contributed by atoms with Crippen LogP contribution in [0.2, 0.25) is 0 Å². The fraction of sp³-hybridized carbons (Fsp3) is 0.643. The fourth-order valence-corrected chi connectivity index (χ4v) is 1.66. The summed E-state index contributed by atoms with van der Waals surface area (Å²) in [6, 6.07) is 0. The van der Waals surface area contributed by atoms with Crippen LogP contribution >= 0.6 is 0 Å². The molecule has 0 radical (unpaired) electrons. The van der Waals surface area contributed by atoms with Gasteiger partial charge in [-0.15, -0.1) is 0 Å². The van der Waals surface area contributed by atoms with Crippen LogP contribution in [0, 0.1) is 5.92 Å². The van der Waals surface area contributed by atoms with Crippen LogP contribution in [0.15, 0.2) is 24.3 Å². The molecule has 0 aromatic carbocycles. The molecule has 0 fully saturated rings. The van der Waals surface area contributed by atoms with Crippen molar-refractivity contribution in [3.05, 3.63) is 24.3 Å². The van der Waals surface area contributed by atoms with Gasteiger partial charge in [0.2, 0.25) is 0 Å². The first-order valence-corrected chi connectivity index (χ1v) is 5.91. The zero-order valence-electron chi connectivity index (χ0n) is 11.0. The van der Waals surface area contributed by atoms with E-state index in [1.54, 1.807) is 6.08 Å². The highest BCUT2D eigenvalue weighted by Crippen LogP contribution is 2.12. The van der Waals surface area contributed by atoms with Crippen LogP contribution in [-0.4, -0.2) is 12.1 Å². The zero-order chi connectivity index (χ0) is 12.6. The zero-order valence-corrected chi connectivity index (χ0v) is 11.0. The third-order valence-corrected chi connectivity index (χ3v) is 2.25. The first-order valence-electron chi connectivity index (χ1n) is 5.91. The largest absolute Gasteiger partial charge is 0.458 e. The van der Waals surface area contributed by atoms with Gasteiger partial charge in [0, 0.05) is 6.92 Å². The Morgan fingerprint density at radius 2 is 2.00 bits per heavy atom. The average Bonchev–Trinajstić information content (AvgIpc) is 2.14. The van der Waals surface area contributed by atoms with E-state index in [2.05, 4.69) is 33.4 Å². The van der Waals surface area contributed by atoms with Gasteiger partial charge in [-0.05, 0) is 32.1 Å². The number of esters is 1. The highest BCUT2D eigenvalue weighted by atomic mass is 16.5. The summed E-state index contributed by atoms with van der Waals surface area (Å²) < 4.78 is 5.08. The lowest BCUT2D eigenvalue weighted by Crippen LogP contribution is -2.12. The van der Waals surface area contributed by atoms with Gasteiger partial charge < -0.3 is 4.74 Å². The maximum absolute atomic E-state index is 10.8. The SMILES string of the molecule is C=CC(CCC=C(C)CC(C)C)OC(C)=O. The number of allylic oxidation sites excluding steroid dienone is 2. The molecule has 0 amide bonds. The Morgan fingerprint density at radius 1 is 1.38 bits per heavy atom. The molecule has 0 rings (SSSR count). The van der Waals surface area contributed by atoms with Gasteiger partial charge in [0.15, 0.2) is 0 Å². The van der Waals surface area contributed by atoms with Crippen LogP contribution in [0.5, 0.6) is 0 Å². The van der Waals surface area contributed by atoms with Crippen molar-refractivity contribution in [2.75, 3.05) is 0 Å². The van der Waals surface area contributed by atoms with E-state index in [4.69, 9.17) is 4.74 Å². The molecule has 0 N–H and O–H groups in total. The van der Waals surface area contributed by atoms with Gasteiger partial charge in [-0.1, -0.05) is 38.2 Å². The smallest absolute Gasteiger partial charge is 0.303 e. The molecule has 0 heterocycles. The number of hydrogen-bond acceptors (Lipinski definition) is 2. The van der Waals surface area contributed by atoms with Gasteiger partial charge in [0.05, 0.1) is 0 Å². The first-order chi connectivity index (χ1) is 7.45. The molecule has 0 aliphatic heterocycles. The van der Waals surface area contributed by atoms with Crippen LogP contribution in [0.25, 0.3) is 0 Å². The monoisotopic (exact) mass is 224 g/mol. The van der Waals surface area contributed by atoms with E-state index < -0.39 is 0 Å². The van der Waals surface area contributed by atoms with Crippen molar-refractivity contribution < 1.29 is 9.53 Å². The number of ether oxygens (including phenoxy) is 1. The Balaban J connectivity index is 3.93. The highest BCUT2D eigenvalue weighted by molar-refractivity contribution is 5.66. The van der Waals surface area contributed by atoms with Crippen LogP contribution < -0.4 is 0 Å². The highest BCUT2D eigenvalue weighted by Gasteiger charge is 2.06.